The molecule has 2 heterocycles. The number of methoxy groups -OCH3 is 1. The third-order valence-corrected chi connectivity index (χ3v) is 8.61. The molecule has 0 aliphatic carbocycles. The molecular weight excluding hydrogens is 482 g/mol. The van der Waals surface area contributed by atoms with Crippen LogP contribution in [0.25, 0.3) is 16.5 Å². The summed E-state index contributed by atoms with van der Waals surface area (Å²) in [6.07, 6.45) is 2.44. The predicted octanol–water partition coefficient (Wildman–Crippen LogP) is 5.76. The van der Waals surface area contributed by atoms with Crippen LogP contribution < -0.4 is 4.74 Å². The van der Waals surface area contributed by atoms with Crippen LogP contribution in [0.4, 0.5) is 8.78 Å². The topological polar surface area (TPSA) is 51.5 Å². The number of nitrogens with zero attached hydrogens (tertiary/aromatic N) is 2. The molecule has 5 rings (SSSR count). The van der Waals surface area contributed by atoms with Crippen molar-refractivity contribution in [3.8, 4) is 5.75 Å². The van der Waals surface area contributed by atoms with Crippen LogP contribution in [0.5, 0.6) is 5.75 Å². The van der Waals surface area contributed by atoms with Crippen molar-refractivity contribution >= 4 is 26.5 Å². The number of benzene rings is 3. The van der Waals surface area contributed by atoms with Crippen molar-refractivity contribution in [2.75, 3.05) is 20.2 Å². The first kappa shape index (κ1) is 24.2. The third-order valence-electron chi connectivity index (χ3n) is 6.75. The SMILES string of the molecule is COc1ccc(Cn2c(C)c(C3=CCN(S(=O)(=O)c4ccc(F)c(F)c4)CC3)c3ccccc32)cc1. The Kier molecular flexibility index (Phi) is 6.40. The number of rotatable bonds is 6. The fourth-order valence-electron chi connectivity index (χ4n) is 4.84. The highest BCUT2D eigenvalue weighted by Gasteiger charge is 2.28. The minimum Gasteiger partial charge on any atom is -0.497 e. The van der Waals surface area contributed by atoms with Gasteiger partial charge in [-0.1, -0.05) is 36.4 Å². The molecule has 36 heavy (non-hydrogen) atoms. The maximum absolute atomic E-state index is 13.7. The highest BCUT2D eigenvalue weighted by Crippen LogP contribution is 2.36. The van der Waals surface area contributed by atoms with Gasteiger partial charge in [0.15, 0.2) is 11.6 Å². The largest absolute Gasteiger partial charge is 0.497 e. The molecule has 0 saturated carbocycles. The molecule has 1 aromatic heterocycles. The maximum Gasteiger partial charge on any atom is 0.243 e. The van der Waals surface area contributed by atoms with Gasteiger partial charge in [-0.2, -0.15) is 4.31 Å². The van der Waals surface area contributed by atoms with Gasteiger partial charge in [0.05, 0.1) is 12.0 Å². The Balaban J connectivity index is 1.47. The predicted molar refractivity (Wildman–Crippen MR) is 136 cm³/mol. The molecule has 0 N–H and O–H groups in total. The molecule has 1 aliphatic heterocycles. The molecule has 0 bridgehead atoms. The minimum absolute atomic E-state index is 0.161. The number of ether oxygens (including phenoxy) is 1. The molecule has 3 aromatic carbocycles. The van der Waals surface area contributed by atoms with E-state index in [1.807, 2.05) is 42.5 Å². The van der Waals surface area contributed by atoms with E-state index in [0.717, 1.165) is 57.2 Å². The first-order chi connectivity index (χ1) is 17.3. The van der Waals surface area contributed by atoms with Crippen molar-refractivity contribution in [3.05, 3.63) is 101 Å². The smallest absolute Gasteiger partial charge is 0.243 e. The molecule has 186 valence electrons. The van der Waals surface area contributed by atoms with Gasteiger partial charge in [0.1, 0.15) is 5.75 Å². The van der Waals surface area contributed by atoms with Crippen LogP contribution in [0.2, 0.25) is 0 Å². The number of halogens is 2. The van der Waals surface area contributed by atoms with Crippen LogP contribution in [0.3, 0.4) is 0 Å². The lowest BCUT2D eigenvalue weighted by molar-refractivity contribution is 0.414. The monoisotopic (exact) mass is 508 g/mol. The maximum atomic E-state index is 13.7. The van der Waals surface area contributed by atoms with E-state index < -0.39 is 21.7 Å². The lowest BCUT2D eigenvalue weighted by atomic mass is 9.97. The van der Waals surface area contributed by atoms with E-state index in [9.17, 15) is 17.2 Å². The normalized spacial score (nSPS) is 14.7. The lowest BCUT2D eigenvalue weighted by Gasteiger charge is -2.26. The van der Waals surface area contributed by atoms with Gasteiger partial charge in [0.25, 0.3) is 0 Å². The first-order valence-corrected chi connectivity index (χ1v) is 13.1. The van der Waals surface area contributed by atoms with Gasteiger partial charge in [0, 0.05) is 41.8 Å². The molecule has 0 fully saturated rings. The van der Waals surface area contributed by atoms with E-state index in [-0.39, 0.29) is 18.0 Å². The summed E-state index contributed by atoms with van der Waals surface area (Å²) in [6, 6.07) is 18.9. The Hall–Kier alpha value is -3.49. The number of para-hydroxylation sites is 1. The third kappa shape index (κ3) is 4.31. The first-order valence-electron chi connectivity index (χ1n) is 11.6. The van der Waals surface area contributed by atoms with Crippen molar-refractivity contribution in [1.29, 1.82) is 0 Å². The van der Waals surface area contributed by atoms with Crippen molar-refractivity contribution < 1.29 is 21.9 Å². The number of hydrogen-bond acceptors (Lipinski definition) is 3. The molecule has 4 aromatic rings. The van der Waals surface area contributed by atoms with Gasteiger partial charge in [-0.05, 0) is 60.9 Å². The average Bonchev–Trinajstić information content (AvgIpc) is 3.17. The second-order valence-corrected chi connectivity index (χ2v) is 10.8. The molecule has 0 atom stereocenters. The van der Waals surface area contributed by atoms with Crippen LogP contribution in [0.1, 0.15) is 23.2 Å². The highest BCUT2D eigenvalue weighted by molar-refractivity contribution is 7.89. The molecule has 0 saturated heterocycles. The van der Waals surface area contributed by atoms with Crippen LogP contribution in [0.15, 0.2) is 77.7 Å². The van der Waals surface area contributed by atoms with Gasteiger partial charge in [0.2, 0.25) is 10.0 Å². The Labute approximate surface area is 209 Å². The van der Waals surface area contributed by atoms with Crippen molar-refractivity contribution in [2.45, 2.75) is 24.8 Å². The van der Waals surface area contributed by atoms with Crippen molar-refractivity contribution in [1.82, 2.24) is 8.87 Å². The zero-order valence-electron chi connectivity index (χ0n) is 20.0. The summed E-state index contributed by atoms with van der Waals surface area (Å²) in [5.41, 5.74) is 5.55. The molecule has 0 amide bonds. The molecule has 5 nitrogen and oxygen atoms in total. The Morgan fingerprint density at radius 1 is 0.972 bits per heavy atom. The molecule has 0 unspecified atom stereocenters. The van der Waals surface area contributed by atoms with Crippen LogP contribution in [-0.4, -0.2) is 37.5 Å². The van der Waals surface area contributed by atoms with E-state index in [0.29, 0.717) is 13.0 Å². The van der Waals surface area contributed by atoms with Gasteiger partial charge >= 0.3 is 0 Å². The fourth-order valence-corrected chi connectivity index (χ4v) is 6.23. The van der Waals surface area contributed by atoms with Gasteiger partial charge < -0.3 is 9.30 Å². The Morgan fingerprint density at radius 3 is 2.39 bits per heavy atom. The van der Waals surface area contributed by atoms with E-state index >= 15 is 0 Å². The molecule has 0 spiro atoms. The minimum atomic E-state index is -3.93. The summed E-state index contributed by atoms with van der Waals surface area (Å²) in [5, 5.41) is 1.12. The van der Waals surface area contributed by atoms with Gasteiger partial charge in [-0.25, -0.2) is 17.2 Å². The number of aromatic nitrogens is 1. The van der Waals surface area contributed by atoms with Crippen molar-refractivity contribution in [2.24, 2.45) is 0 Å². The lowest BCUT2D eigenvalue weighted by Crippen LogP contribution is -2.34. The van der Waals surface area contributed by atoms with Crippen LogP contribution in [0, 0.1) is 18.6 Å². The Bertz CT molecular complexity index is 1570. The molecule has 0 radical (unpaired) electrons. The zero-order valence-corrected chi connectivity index (χ0v) is 20.9. The Morgan fingerprint density at radius 2 is 1.72 bits per heavy atom. The number of hydrogen-bond donors (Lipinski definition) is 0. The van der Waals surface area contributed by atoms with E-state index in [1.54, 1.807) is 7.11 Å². The molecule has 1 aliphatic rings. The van der Waals surface area contributed by atoms with Gasteiger partial charge in [-0.15, -0.1) is 0 Å². The number of fused-ring (bicyclic) bond motifs is 1. The molecule has 8 heteroatoms. The summed E-state index contributed by atoms with van der Waals surface area (Å²) >= 11 is 0. The van der Waals surface area contributed by atoms with E-state index in [1.165, 1.54) is 4.31 Å². The van der Waals surface area contributed by atoms with E-state index in [2.05, 4.69) is 23.6 Å². The summed E-state index contributed by atoms with van der Waals surface area (Å²) in [5.74, 6) is -1.44. The van der Waals surface area contributed by atoms with Crippen LogP contribution in [-0.2, 0) is 16.6 Å². The zero-order chi connectivity index (χ0) is 25.4. The standard InChI is InChI=1S/C28H26F2N2O3S/c1-19-28(21-13-15-31(16-14-21)36(33,34)23-11-12-25(29)26(30)17-23)24-5-3-4-6-27(24)32(19)18-20-7-9-22(35-2)10-8-20/h3-13,17H,14-16,18H2,1-2H3. The number of sulfonamides is 1. The second-order valence-electron chi connectivity index (χ2n) is 8.83. The van der Waals surface area contributed by atoms with Crippen LogP contribution >= 0.6 is 0 Å². The fraction of sp³-hybridized carbons (Fsp3) is 0.214. The second kappa shape index (κ2) is 9.52. The highest BCUT2D eigenvalue weighted by atomic mass is 32.2. The summed E-state index contributed by atoms with van der Waals surface area (Å²) in [6.45, 7) is 3.20. The molecular formula is C28H26F2N2O3S. The summed E-state index contributed by atoms with van der Waals surface area (Å²) in [7, 11) is -2.29. The average molecular weight is 509 g/mol. The quantitative estimate of drug-likeness (QED) is 0.333. The van der Waals surface area contributed by atoms with E-state index in [4.69, 9.17) is 4.74 Å². The van der Waals surface area contributed by atoms with Gasteiger partial charge in [-0.3, -0.25) is 0 Å². The summed E-state index contributed by atoms with van der Waals surface area (Å²) < 4.78 is 61.9. The van der Waals surface area contributed by atoms with Crippen molar-refractivity contribution in [3.63, 3.8) is 0 Å². The summed E-state index contributed by atoms with van der Waals surface area (Å²) in [4.78, 5) is -0.245.